The van der Waals surface area contributed by atoms with Crippen LogP contribution in [-0.4, -0.2) is 67.6 Å². The fourth-order valence-electron chi connectivity index (χ4n) is 3.19. The maximum Gasteiger partial charge on any atom is 0.258 e. The van der Waals surface area contributed by atoms with Gasteiger partial charge >= 0.3 is 0 Å². The van der Waals surface area contributed by atoms with E-state index in [2.05, 4.69) is 20.2 Å². The normalized spacial score (nSPS) is 14.3. The maximum atomic E-state index is 12.7. The second-order valence-corrected chi connectivity index (χ2v) is 7.53. The third kappa shape index (κ3) is 4.19. The summed E-state index contributed by atoms with van der Waals surface area (Å²) in [5.74, 6) is 0.236. The summed E-state index contributed by atoms with van der Waals surface area (Å²) in [7, 11) is 3.22. The molecular formula is C19H23N5O4S. The number of rotatable bonds is 7. The minimum Gasteiger partial charge on any atom is -0.479 e. The van der Waals surface area contributed by atoms with Crippen LogP contribution in [0.25, 0.3) is 10.2 Å². The van der Waals surface area contributed by atoms with Crippen LogP contribution in [0.3, 0.4) is 0 Å². The van der Waals surface area contributed by atoms with Gasteiger partial charge in [-0.2, -0.15) is 0 Å². The van der Waals surface area contributed by atoms with E-state index in [9.17, 15) is 4.79 Å². The van der Waals surface area contributed by atoms with E-state index in [4.69, 9.17) is 14.2 Å². The lowest BCUT2D eigenvalue weighted by Gasteiger charge is -2.28. The van der Waals surface area contributed by atoms with Gasteiger partial charge in [0, 0.05) is 39.1 Å². The highest BCUT2D eigenvalue weighted by atomic mass is 32.1. The molecule has 1 fully saturated rings. The monoisotopic (exact) mass is 417 g/mol. The lowest BCUT2D eigenvalue weighted by molar-refractivity contribution is 0.102. The molecule has 29 heavy (non-hydrogen) atoms. The van der Waals surface area contributed by atoms with Crippen molar-refractivity contribution in [1.29, 1.82) is 0 Å². The maximum absolute atomic E-state index is 12.7. The minimum absolute atomic E-state index is 0.208. The molecule has 3 aromatic rings. The quantitative estimate of drug-likeness (QED) is 0.630. The fraction of sp³-hybridized carbons (Fsp3) is 0.421. The van der Waals surface area contributed by atoms with Crippen molar-refractivity contribution < 1.29 is 19.0 Å². The van der Waals surface area contributed by atoms with Gasteiger partial charge in [-0.1, -0.05) is 11.3 Å². The molecule has 0 aliphatic carbocycles. The van der Waals surface area contributed by atoms with Crippen LogP contribution in [-0.2, 0) is 16.0 Å². The lowest BCUT2D eigenvalue weighted by Crippen LogP contribution is -2.36. The van der Waals surface area contributed by atoms with Crippen molar-refractivity contribution in [3.05, 3.63) is 30.2 Å². The summed E-state index contributed by atoms with van der Waals surface area (Å²) in [5, 5.41) is 3.41. The average Bonchev–Trinajstić information content (AvgIpc) is 3.39. The van der Waals surface area contributed by atoms with Gasteiger partial charge in [-0.05, 0) is 6.07 Å². The SMILES string of the molecule is COCCn1ccc(C(=O)Nc2nc3c(OC)ncc(N4CCOCC4)c3s2)c1. The number of thiazole rings is 1. The largest absolute Gasteiger partial charge is 0.479 e. The van der Waals surface area contributed by atoms with Crippen molar-refractivity contribution in [3.63, 3.8) is 0 Å². The molecule has 4 heterocycles. The molecule has 0 aromatic carbocycles. The van der Waals surface area contributed by atoms with E-state index in [0.29, 0.717) is 48.5 Å². The molecule has 1 aliphatic heterocycles. The van der Waals surface area contributed by atoms with Gasteiger partial charge in [-0.15, -0.1) is 0 Å². The van der Waals surface area contributed by atoms with E-state index in [0.717, 1.165) is 23.5 Å². The predicted octanol–water partition coefficient (Wildman–Crippen LogP) is 2.24. The highest BCUT2D eigenvalue weighted by Crippen LogP contribution is 2.38. The van der Waals surface area contributed by atoms with Crippen molar-refractivity contribution in [2.24, 2.45) is 0 Å². The number of hydrogen-bond donors (Lipinski definition) is 1. The molecule has 0 unspecified atom stereocenters. The van der Waals surface area contributed by atoms with Gasteiger partial charge in [0.05, 0.1) is 49.1 Å². The Hall–Kier alpha value is -2.69. The Labute approximate surface area is 172 Å². The van der Waals surface area contributed by atoms with Crippen LogP contribution in [0.15, 0.2) is 24.7 Å². The zero-order valence-electron chi connectivity index (χ0n) is 16.4. The number of ether oxygens (including phenoxy) is 3. The molecule has 4 rings (SSSR count). The number of methoxy groups -OCH3 is 2. The Kier molecular flexibility index (Phi) is 5.93. The van der Waals surface area contributed by atoms with Crippen LogP contribution in [0.4, 0.5) is 10.8 Å². The third-order valence-corrected chi connectivity index (χ3v) is 5.69. The van der Waals surface area contributed by atoms with Gasteiger partial charge in [0.2, 0.25) is 5.88 Å². The first-order valence-corrected chi connectivity index (χ1v) is 10.1. The van der Waals surface area contributed by atoms with Crippen LogP contribution in [0.2, 0.25) is 0 Å². The molecule has 1 saturated heterocycles. The number of carbonyl (C=O) groups excluding carboxylic acids is 1. The van der Waals surface area contributed by atoms with Crippen molar-refractivity contribution in [3.8, 4) is 5.88 Å². The highest BCUT2D eigenvalue weighted by Gasteiger charge is 2.21. The van der Waals surface area contributed by atoms with Gasteiger partial charge in [-0.3, -0.25) is 10.1 Å². The van der Waals surface area contributed by atoms with Crippen molar-refractivity contribution in [2.75, 3.05) is 57.3 Å². The van der Waals surface area contributed by atoms with Crippen molar-refractivity contribution in [1.82, 2.24) is 14.5 Å². The van der Waals surface area contributed by atoms with Gasteiger partial charge in [0.15, 0.2) is 5.13 Å². The summed E-state index contributed by atoms with van der Waals surface area (Å²) in [6.45, 7) is 4.21. The van der Waals surface area contributed by atoms with E-state index in [1.807, 2.05) is 10.8 Å². The standard InChI is InChI=1S/C19H23N5O4S/c1-26-8-5-23-4-3-13(12-23)17(25)22-19-21-15-16(29-19)14(11-20-18(15)27-2)24-6-9-28-10-7-24/h3-4,11-12H,5-10H2,1-2H3,(H,21,22,25). The van der Waals surface area contributed by atoms with Gasteiger partial charge in [0.1, 0.15) is 5.52 Å². The van der Waals surface area contributed by atoms with Crippen LogP contribution in [0.5, 0.6) is 5.88 Å². The average molecular weight is 417 g/mol. The first-order chi connectivity index (χ1) is 14.2. The van der Waals surface area contributed by atoms with Crippen molar-refractivity contribution in [2.45, 2.75) is 6.54 Å². The summed E-state index contributed by atoms with van der Waals surface area (Å²) in [6, 6.07) is 1.78. The second-order valence-electron chi connectivity index (χ2n) is 6.53. The highest BCUT2D eigenvalue weighted by molar-refractivity contribution is 7.23. The first kappa shape index (κ1) is 19.6. The summed E-state index contributed by atoms with van der Waals surface area (Å²) < 4.78 is 18.7. The summed E-state index contributed by atoms with van der Waals surface area (Å²) >= 11 is 1.42. The number of pyridine rings is 1. The van der Waals surface area contributed by atoms with Crippen LogP contribution < -0.4 is 15.0 Å². The molecule has 1 amide bonds. The van der Waals surface area contributed by atoms with Crippen LogP contribution in [0, 0.1) is 0 Å². The van der Waals surface area contributed by atoms with E-state index in [-0.39, 0.29) is 5.91 Å². The number of amides is 1. The van der Waals surface area contributed by atoms with E-state index < -0.39 is 0 Å². The molecule has 3 aromatic heterocycles. The van der Waals surface area contributed by atoms with Gasteiger partial charge in [-0.25, -0.2) is 9.97 Å². The number of morpholine rings is 1. The number of nitrogens with one attached hydrogen (secondary N) is 1. The van der Waals surface area contributed by atoms with E-state index in [1.165, 1.54) is 11.3 Å². The summed E-state index contributed by atoms with van der Waals surface area (Å²) in [6.07, 6.45) is 5.45. The Balaban J connectivity index is 1.59. The zero-order chi connectivity index (χ0) is 20.2. The summed E-state index contributed by atoms with van der Waals surface area (Å²) in [4.78, 5) is 23.8. The Bertz CT molecular complexity index is 996. The molecule has 0 spiro atoms. The predicted molar refractivity (Wildman–Crippen MR) is 111 cm³/mol. The molecule has 1 aliphatic rings. The molecule has 0 saturated carbocycles. The number of carbonyl (C=O) groups is 1. The Morgan fingerprint density at radius 2 is 2.17 bits per heavy atom. The number of fused-ring (bicyclic) bond motifs is 1. The van der Waals surface area contributed by atoms with Crippen LogP contribution >= 0.6 is 11.3 Å². The third-order valence-electron chi connectivity index (χ3n) is 4.70. The second kappa shape index (κ2) is 8.76. The van der Waals surface area contributed by atoms with Gasteiger partial charge in [0.25, 0.3) is 5.91 Å². The number of nitrogens with zero attached hydrogens (tertiary/aromatic N) is 4. The van der Waals surface area contributed by atoms with Crippen molar-refractivity contribution >= 4 is 38.3 Å². The van der Waals surface area contributed by atoms with E-state index in [1.54, 1.807) is 32.7 Å². The lowest BCUT2D eigenvalue weighted by atomic mass is 10.3. The first-order valence-electron chi connectivity index (χ1n) is 9.32. The fourth-order valence-corrected chi connectivity index (χ4v) is 4.18. The smallest absolute Gasteiger partial charge is 0.258 e. The Morgan fingerprint density at radius 1 is 1.34 bits per heavy atom. The Morgan fingerprint density at radius 3 is 2.93 bits per heavy atom. The molecule has 0 atom stereocenters. The molecule has 9 nitrogen and oxygen atoms in total. The number of aromatic nitrogens is 3. The molecule has 154 valence electrons. The molecule has 1 N–H and O–H groups in total. The zero-order valence-corrected chi connectivity index (χ0v) is 17.2. The topological polar surface area (TPSA) is 90.7 Å². The molecule has 0 radical (unpaired) electrons. The number of hydrogen-bond acceptors (Lipinski definition) is 8. The number of anilines is 2. The van der Waals surface area contributed by atoms with Gasteiger partial charge < -0.3 is 23.7 Å². The molecule has 0 bridgehead atoms. The molecule has 10 heteroatoms. The van der Waals surface area contributed by atoms with E-state index >= 15 is 0 Å². The van der Waals surface area contributed by atoms with Crippen LogP contribution in [0.1, 0.15) is 10.4 Å². The minimum atomic E-state index is -0.208. The molecular weight excluding hydrogens is 394 g/mol. The summed E-state index contributed by atoms with van der Waals surface area (Å²) in [5.41, 5.74) is 2.20.